The van der Waals surface area contributed by atoms with Gasteiger partial charge in [-0.25, -0.2) is 0 Å². The molecule has 0 amide bonds. The largest absolute Gasteiger partial charge is 0.0859 e. The summed E-state index contributed by atoms with van der Waals surface area (Å²) in [7, 11) is -0.805. The molecule has 0 N–H and O–H groups in total. The van der Waals surface area contributed by atoms with Crippen LogP contribution in [-0.2, 0) is 25.7 Å². The molecule has 4 rings (SSSR count). The fourth-order valence-corrected chi connectivity index (χ4v) is 8.26. The number of aryl methyl sites for hydroxylation is 4. The van der Waals surface area contributed by atoms with Crippen molar-refractivity contribution in [3.8, 4) is 0 Å². The van der Waals surface area contributed by atoms with Gasteiger partial charge in [-0.1, -0.05) is 197 Å². The maximum atomic E-state index is 6.98. The molecule has 0 bridgehead atoms. The highest BCUT2D eigenvalue weighted by atomic mass is 35.7. The van der Waals surface area contributed by atoms with Crippen LogP contribution in [-0.4, -0.2) is 0 Å². The molecule has 0 saturated carbocycles. The fourth-order valence-electron chi connectivity index (χ4n) is 6.46. The van der Waals surface area contributed by atoms with E-state index < -0.39 is 7.27 Å². The third-order valence-electron chi connectivity index (χ3n) is 9.37. The summed E-state index contributed by atoms with van der Waals surface area (Å²) < 4.78 is 0. The van der Waals surface area contributed by atoms with Gasteiger partial charge in [0.05, 0.1) is 7.27 Å². The monoisotopic (exact) mass is 652 g/mol. The molecule has 0 aliphatic rings. The van der Waals surface area contributed by atoms with E-state index in [4.69, 9.17) is 11.2 Å². The molecule has 0 fully saturated rings. The van der Waals surface area contributed by atoms with Crippen LogP contribution >= 0.6 is 18.5 Å². The molecule has 246 valence electrons. The van der Waals surface area contributed by atoms with Gasteiger partial charge in [0, 0.05) is 0 Å². The molecule has 0 nitrogen and oxygen atoms in total. The van der Waals surface area contributed by atoms with Gasteiger partial charge < -0.3 is 0 Å². The van der Waals surface area contributed by atoms with Gasteiger partial charge in [0.15, 0.2) is 0 Å². The second-order valence-electron chi connectivity index (χ2n) is 13.2. The van der Waals surface area contributed by atoms with Crippen LogP contribution in [0.3, 0.4) is 0 Å². The molecule has 0 aliphatic heterocycles. The Morgan fingerprint density at radius 1 is 0.283 bits per heavy atom. The second kappa shape index (κ2) is 23.0. The van der Waals surface area contributed by atoms with Crippen molar-refractivity contribution in [3.05, 3.63) is 131 Å². The average Bonchev–Trinajstić information content (AvgIpc) is 3.11. The van der Waals surface area contributed by atoms with Crippen molar-refractivity contribution in [1.29, 1.82) is 0 Å². The van der Waals surface area contributed by atoms with Gasteiger partial charge >= 0.3 is 0 Å². The third-order valence-corrected chi connectivity index (χ3v) is 12.0. The molecule has 0 saturated heterocycles. The minimum atomic E-state index is -0.805. The van der Waals surface area contributed by atoms with Gasteiger partial charge in [-0.15, -0.1) is 0 Å². The number of hydrogen-bond acceptors (Lipinski definition) is 0. The van der Waals surface area contributed by atoms with E-state index in [1.165, 1.54) is 161 Å². The zero-order valence-electron chi connectivity index (χ0n) is 28.4. The van der Waals surface area contributed by atoms with Gasteiger partial charge in [0.2, 0.25) is 0 Å². The summed E-state index contributed by atoms with van der Waals surface area (Å²) in [6.07, 6.45) is 26.5. The van der Waals surface area contributed by atoms with E-state index in [2.05, 4.69) is 109 Å². The first-order chi connectivity index (χ1) is 22.8. The summed E-state index contributed by atoms with van der Waals surface area (Å²) in [5.41, 5.74) is 5.86. The topological polar surface area (TPSA) is 0 Å². The van der Waals surface area contributed by atoms with Gasteiger partial charge in [0.25, 0.3) is 0 Å². The van der Waals surface area contributed by atoms with E-state index in [1.54, 1.807) is 0 Å². The number of halogens is 1. The van der Waals surface area contributed by atoms with Crippen molar-refractivity contribution in [3.63, 3.8) is 0 Å². The first-order valence-electron chi connectivity index (χ1n) is 18.5. The lowest BCUT2D eigenvalue weighted by atomic mass is 10.0. The van der Waals surface area contributed by atoms with Crippen molar-refractivity contribution < 1.29 is 0 Å². The van der Waals surface area contributed by atoms with E-state index in [0.717, 1.165) is 0 Å². The first kappa shape index (κ1) is 36.4. The van der Waals surface area contributed by atoms with Crippen LogP contribution in [0.1, 0.15) is 125 Å². The highest BCUT2D eigenvalue weighted by molar-refractivity contribution is 7.95. The Hall–Kier alpha value is -2.40. The Kier molecular flexibility index (Phi) is 18.2. The Balaban J connectivity index is 0.988. The van der Waals surface area contributed by atoms with Crippen molar-refractivity contribution in [2.75, 3.05) is 0 Å². The summed E-state index contributed by atoms with van der Waals surface area (Å²) in [5, 5.41) is 2.53. The minimum Gasteiger partial charge on any atom is -0.0859 e. The highest BCUT2D eigenvalue weighted by Crippen LogP contribution is 2.39. The molecule has 0 heterocycles. The molecule has 0 atom stereocenters. The van der Waals surface area contributed by atoms with Crippen LogP contribution < -0.4 is 10.6 Å². The van der Waals surface area contributed by atoms with Crippen LogP contribution in [0.25, 0.3) is 0 Å². The molecule has 0 aliphatic carbocycles. The normalized spacial score (nSPS) is 11.3. The van der Waals surface area contributed by atoms with Crippen LogP contribution in [0.5, 0.6) is 0 Å². The number of hydrogen-bond donors (Lipinski definition) is 0. The Morgan fingerprint density at radius 3 is 0.804 bits per heavy atom. The van der Waals surface area contributed by atoms with Crippen LogP contribution in [0.2, 0.25) is 0 Å². The maximum Gasteiger partial charge on any atom is 0.0524 e. The summed E-state index contributed by atoms with van der Waals surface area (Å²) >= 11 is 6.98. The molecule has 2 heteroatoms. The second-order valence-corrected chi connectivity index (χ2v) is 15.9. The Morgan fingerprint density at radius 2 is 0.522 bits per heavy atom. The smallest absolute Gasteiger partial charge is 0.0524 e. The maximum absolute atomic E-state index is 6.98. The summed E-state index contributed by atoms with van der Waals surface area (Å²) in [5.74, 6) is 0. The van der Waals surface area contributed by atoms with E-state index in [0.29, 0.717) is 0 Å². The number of benzene rings is 4. The minimum absolute atomic E-state index is 0.805. The molecule has 4 aromatic carbocycles. The molecule has 4 aromatic rings. The van der Waals surface area contributed by atoms with Crippen molar-refractivity contribution >= 4 is 29.1 Å². The summed E-state index contributed by atoms with van der Waals surface area (Å²) in [6, 6.07) is 40.1. The zero-order chi connectivity index (χ0) is 31.9. The molecule has 0 radical (unpaired) electrons. The van der Waals surface area contributed by atoms with Crippen LogP contribution in [0, 0.1) is 0 Å². The van der Waals surface area contributed by atoms with Crippen molar-refractivity contribution in [1.82, 2.24) is 0 Å². The van der Waals surface area contributed by atoms with E-state index in [9.17, 15) is 0 Å². The number of rotatable bonds is 24. The molecule has 46 heavy (non-hydrogen) atoms. The fraction of sp³-hybridized carbons (Fsp3) is 0.455. The molecule has 0 aromatic heterocycles. The first-order valence-corrected chi connectivity index (χ1v) is 20.7. The highest BCUT2D eigenvalue weighted by Gasteiger charge is 2.11. The van der Waals surface area contributed by atoms with Gasteiger partial charge in [-0.2, -0.15) is 0 Å². The van der Waals surface area contributed by atoms with Gasteiger partial charge in [-0.05, 0) is 84.2 Å². The SMILES string of the molecule is ClP(c1ccc(CCCCCCCCCCc2ccccc2)cc1)c1ccc(CCCCCCCCCCc2ccccc2)cc1. The van der Waals surface area contributed by atoms with E-state index in [-0.39, 0.29) is 0 Å². The van der Waals surface area contributed by atoms with Crippen molar-refractivity contribution in [2.24, 2.45) is 0 Å². The molecule has 0 unspecified atom stereocenters. The summed E-state index contributed by atoms with van der Waals surface area (Å²) in [6.45, 7) is 0. The van der Waals surface area contributed by atoms with Gasteiger partial charge in [-0.3, -0.25) is 0 Å². The van der Waals surface area contributed by atoms with Crippen LogP contribution in [0.4, 0.5) is 0 Å². The lowest BCUT2D eigenvalue weighted by molar-refractivity contribution is 0.567. The van der Waals surface area contributed by atoms with E-state index >= 15 is 0 Å². The van der Waals surface area contributed by atoms with Crippen molar-refractivity contribution in [2.45, 2.75) is 128 Å². The quantitative estimate of drug-likeness (QED) is 0.0522. The third kappa shape index (κ3) is 15.0. The average molecular weight is 653 g/mol. The molecule has 0 spiro atoms. The summed E-state index contributed by atoms with van der Waals surface area (Å²) in [4.78, 5) is 0. The van der Waals surface area contributed by atoms with Gasteiger partial charge in [0.1, 0.15) is 0 Å². The lowest BCUT2D eigenvalue weighted by Crippen LogP contribution is -2.08. The lowest BCUT2D eigenvalue weighted by Gasteiger charge is -2.12. The van der Waals surface area contributed by atoms with Crippen LogP contribution in [0.15, 0.2) is 109 Å². The number of unbranched alkanes of at least 4 members (excludes halogenated alkanes) is 14. The Labute approximate surface area is 287 Å². The zero-order valence-corrected chi connectivity index (χ0v) is 30.0. The predicted octanol–water partition coefficient (Wildman–Crippen LogP) is 13.1. The Bertz CT molecular complexity index is 1180. The standard InChI is InChI=1S/C44H58ClP/c45-46(43-35-31-41(32-36-43)29-17-11-7-3-1-5-9-15-23-39-25-19-13-20-26-39)44-37-33-42(34-38-44)30-18-12-8-4-2-6-10-16-24-40-27-21-14-22-28-40/h13-14,19-22,25-28,31-38H,1-12,15-18,23-24,29-30H2. The predicted molar refractivity (Wildman–Crippen MR) is 206 cm³/mol. The molecular formula is C44H58ClP. The molecular weight excluding hydrogens is 595 g/mol. The van der Waals surface area contributed by atoms with E-state index in [1.807, 2.05) is 0 Å².